The lowest BCUT2D eigenvalue weighted by Crippen LogP contribution is -2.22. The summed E-state index contributed by atoms with van der Waals surface area (Å²) in [4.78, 5) is 20.4. The fourth-order valence-corrected chi connectivity index (χ4v) is 0.946. The quantitative estimate of drug-likeness (QED) is 0.407. The predicted molar refractivity (Wildman–Crippen MR) is 49.3 cm³/mol. The Kier molecular flexibility index (Phi) is 2.37. The van der Waals surface area contributed by atoms with Gasteiger partial charge >= 0.3 is 5.69 Å². The maximum Gasteiger partial charge on any atom is 0.317 e. The lowest BCUT2D eigenvalue weighted by Gasteiger charge is -2.17. The van der Waals surface area contributed by atoms with E-state index in [0.29, 0.717) is 6.29 Å². The Balaban J connectivity index is 3.27. The third kappa shape index (κ3) is 1.78. The summed E-state index contributed by atoms with van der Waals surface area (Å²) in [6, 6.07) is 0. The zero-order valence-electron chi connectivity index (χ0n) is 8.22. The molecule has 0 amide bonds. The molecule has 0 bridgehead atoms. The molecule has 0 N–H and O–H groups in total. The van der Waals surface area contributed by atoms with Crippen molar-refractivity contribution in [3.05, 3.63) is 22.0 Å². The van der Waals surface area contributed by atoms with Gasteiger partial charge in [-0.3, -0.25) is 19.6 Å². The van der Waals surface area contributed by atoms with Gasteiger partial charge in [0.05, 0.1) is 10.5 Å². The molecule has 0 aromatic carbocycles. The first kappa shape index (κ1) is 10.4. The molecule has 0 saturated heterocycles. The number of aromatic nitrogens is 2. The molecule has 0 spiro atoms. The first-order chi connectivity index (χ1) is 6.36. The summed E-state index contributed by atoms with van der Waals surface area (Å²) in [7, 11) is 0. The number of nitro groups is 1. The molecule has 6 heteroatoms. The van der Waals surface area contributed by atoms with Crippen LogP contribution in [0.2, 0.25) is 0 Å². The summed E-state index contributed by atoms with van der Waals surface area (Å²) in [6.45, 7) is 5.54. The van der Waals surface area contributed by atoms with Crippen LogP contribution in [0.4, 0.5) is 5.69 Å². The Hall–Kier alpha value is -1.72. The van der Waals surface area contributed by atoms with Crippen molar-refractivity contribution in [2.75, 3.05) is 0 Å². The topological polar surface area (TPSA) is 78.0 Å². The van der Waals surface area contributed by atoms with E-state index in [-0.39, 0.29) is 16.9 Å². The molecular weight excluding hydrogens is 186 g/mol. The van der Waals surface area contributed by atoms with Crippen LogP contribution in [0.3, 0.4) is 0 Å². The van der Waals surface area contributed by atoms with Crippen molar-refractivity contribution in [2.24, 2.45) is 0 Å². The van der Waals surface area contributed by atoms with Gasteiger partial charge < -0.3 is 0 Å². The van der Waals surface area contributed by atoms with Crippen molar-refractivity contribution < 1.29 is 9.72 Å². The number of hydrogen-bond donors (Lipinski definition) is 0. The van der Waals surface area contributed by atoms with Crippen molar-refractivity contribution >= 4 is 12.0 Å². The lowest BCUT2D eigenvalue weighted by atomic mass is 10.1. The number of carbonyl (C=O) groups excluding carboxylic acids is 1. The van der Waals surface area contributed by atoms with Crippen LogP contribution >= 0.6 is 0 Å². The molecule has 1 rings (SSSR count). The molecule has 6 nitrogen and oxygen atoms in total. The van der Waals surface area contributed by atoms with E-state index in [0.717, 1.165) is 0 Å². The Morgan fingerprint density at radius 1 is 1.57 bits per heavy atom. The molecule has 0 aliphatic rings. The SMILES string of the molecule is CC(C)(C)n1cc([N+](=O)[O-])c(C=O)n1. The Bertz CT molecular complexity index is 376. The van der Waals surface area contributed by atoms with Crippen LogP contribution in [0.5, 0.6) is 0 Å². The fraction of sp³-hybridized carbons (Fsp3) is 0.500. The highest BCUT2D eigenvalue weighted by Gasteiger charge is 2.23. The van der Waals surface area contributed by atoms with Crippen LogP contribution < -0.4 is 0 Å². The standard InChI is InChI=1S/C8H11N3O3/c1-8(2,3)10-4-7(11(13)14)6(5-12)9-10/h4-5H,1-3H3. The summed E-state index contributed by atoms with van der Waals surface area (Å²) in [5.41, 5.74) is -0.758. The van der Waals surface area contributed by atoms with Gasteiger partial charge in [0.2, 0.25) is 5.69 Å². The maximum absolute atomic E-state index is 10.5. The fourth-order valence-electron chi connectivity index (χ4n) is 0.946. The van der Waals surface area contributed by atoms with E-state index in [2.05, 4.69) is 5.10 Å². The van der Waals surface area contributed by atoms with Gasteiger partial charge in [0, 0.05) is 0 Å². The van der Waals surface area contributed by atoms with E-state index in [1.54, 1.807) is 0 Å². The number of carbonyl (C=O) groups is 1. The number of rotatable bonds is 2. The van der Waals surface area contributed by atoms with E-state index >= 15 is 0 Å². The minimum Gasteiger partial charge on any atom is -0.296 e. The van der Waals surface area contributed by atoms with Gasteiger partial charge in [-0.2, -0.15) is 5.10 Å². The van der Waals surface area contributed by atoms with Gasteiger partial charge in [-0.15, -0.1) is 0 Å². The van der Waals surface area contributed by atoms with E-state index in [1.165, 1.54) is 10.9 Å². The highest BCUT2D eigenvalue weighted by Crippen LogP contribution is 2.20. The van der Waals surface area contributed by atoms with E-state index in [9.17, 15) is 14.9 Å². The van der Waals surface area contributed by atoms with Crippen LogP contribution in [0.1, 0.15) is 31.3 Å². The van der Waals surface area contributed by atoms with Gasteiger partial charge in [-0.05, 0) is 20.8 Å². The third-order valence-electron chi connectivity index (χ3n) is 1.72. The highest BCUT2D eigenvalue weighted by molar-refractivity contribution is 5.77. The number of hydrogen-bond acceptors (Lipinski definition) is 4. The molecule has 14 heavy (non-hydrogen) atoms. The van der Waals surface area contributed by atoms with Crippen molar-refractivity contribution in [3.63, 3.8) is 0 Å². The Morgan fingerprint density at radius 3 is 2.43 bits per heavy atom. The van der Waals surface area contributed by atoms with Gasteiger partial charge in [-0.1, -0.05) is 0 Å². The number of nitrogens with zero attached hydrogens (tertiary/aromatic N) is 3. The zero-order valence-corrected chi connectivity index (χ0v) is 8.22. The van der Waals surface area contributed by atoms with Gasteiger partial charge in [0.15, 0.2) is 6.29 Å². The minimum atomic E-state index is -0.612. The van der Waals surface area contributed by atoms with E-state index < -0.39 is 4.92 Å². The molecule has 0 radical (unpaired) electrons. The maximum atomic E-state index is 10.5. The van der Waals surface area contributed by atoms with Crippen molar-refractivity contribution in [3.8, 4) is 0 Å². The predicted octanol–water partition coefficient (Wildman–Crippen LogP) is 1.36. The van der Waals surface area contributed by atoms with Crippen molar-refractivity contribution in [2.45, 2.75) is 26.3 Å². The van der Waals surface area contributed by atoms with Crippen LogP contribution in [0.15, 0.2) is 6.20 Å². The molecule has 0 unspecified atom stereocenters. The van der Waals surface area contributed by atoms with Gasteiger partial charge in [-0.25, -0.2) is 0 Å². The molecule has 1 aromatic rings. The van der Waals surface area contributed by atoms with Crippen molar-refractivity contribution in [1.29, 1.82) is 0 Å². The Labute approximate surface area is 80.7 Å². The second kappa shape index (κ2) is 3.21. The summed E-state index contributed by atoms with van der Waals surface area (Å²) < 4.78 is 1.41. The highest BCUT2D eigenvalue weighted by atomic mass is 16.6. The molecule has 1 heterocycles. The molecule has 0 saturated carbocycles. The van der Waals surface area contributed by atoms with Crippen LogP contribution in [-0.4, -0.2) is 21.0 Å². The van der Waals surface area contributed by atoms with Crippen LogP contribution in [-0.2, 0) is 5.54 Å². The monoisotopic (exact) mass is 197 g/mol. The second-order valence-electron chi connectivity index (χ2n) is 3.89. The smallest absolute Gasteiger partial charge is 0.296 e. The van der Waals surface area contributed by atoms with Gasteiger partial charge in [0.25, 0.3) is 0 Å². The molecule has 0 aliphatic carbocycles. The Morgan fingerprint density at radius 2 is 2.14 bits per heavy atom. The largest absolute Gasteiger partial charge is 0.317 e. The first-order valence-corrected chi connectivity index (χ1v) is 4.06. The second-order valence-corrected chi connectivity index (χ2v) is 3.89. The first-order valence-electron chi connectivity index (χ1n) is 4.06. The lowest BCUT2D eigenvalue weighted by molar-refractivity contribution is -0.385. The molecule has 0 fully saturated rings. The van der Waals surface area contributed by atoms with E-state index in [4.69, 9.17) is 0 Å². The van der Waals surface area contributed by atoms with Gasteiger partial charge in [0.1, 0.15) is 6.20 Å². The molecule has 0 aliphatic heterocycles. The third-order valence-corrected chi connectivity index (χ3v) is 1.72. The summed E-state index contributed by atoms with van der Waals surface area (Å²) >= 11 is 0. The summed E-state index contributed by atoms with van der Waals surface area (Å²) in [5, 5.41) is 14.3. The number of aldehydes is 1. The average molecular weight is 197 g/mol. The minimum absolute atomic E-state index is 0.134. The van der Waals surface area contributed by atoms with Crippen LogP contribution in [0, 0.1) is 10.1 Å². The molecule has 0 atom stereocenters. The average Bonchev–Trinajstić information content (AvgIpc) is 2.45. The molecular formula is C8H11N3O3. The molecule has 76 valence electrons. The van der Waals surface area contributed by atoms with Crippen LogP contribution in [0.25, 0.3) is 0 Å². The van der Waals surface area contributed by atoms with E-state index in [1.807, 2.05) is 20.8 Å². The summed E-state index contributed by atoms with van der Waals surface area (Å²) in [5.74, 6) is 0. The normalized spacial score (nSPS) is 11.4. The molecule has 1 aromatic heterocycles. The summed E-state index contributed by atoms with van der Waals surface area (Å²) in [6.07, 6.45) is 1.66. The van der Waals surface area contributed by atoms with Crippen molar-refractivity contribution in [1.82, 2.24) is 9.78 Å². The zero-order chi connectivity index (χ0) is 10.9.